The topological polar surface area (TPSA) is 121 Å². The normalized spacial score (nSPS) is 19.0. The van der Waals surface area contributed by atoms with Gasteiger partial charge in [-0.15, -0.1) is 5.10 Å². The minimum atomic E-state index is -2.96. The van der Waals surface area contributed by atoms with Crippen LogP contribution in [-0.4, -0.2) is 41.1 Å². The van der Waals surface area contributed by atoms with E-state index >= 15 is 0 Å². The maximum Gasteiger partial charge on any atom is 0.249 e. The molecule has 2 N–H and O–H groups in total. The highest BCUT2D eigenvalue weighted by molar-refractivity contribution is 7.91. The molecule has 1 aliphatic heterocycles. The van der Waals surface area contributed by atoms with E-state index in [1.807, 2.05) is 0 Å². The van der Waals surface area contributed by atoms with Crippen LogP contribution in [0.1, 0.15) is 12.0 Å². The number of hydrogen-bond acceptors (Lipinski definition) is 8. The van der Waals surface area contributed by atoms with E-state index < -0.39 is 9.84 Å². The quantitative estimate of drug-likeness (QED) is 0.854. The van der Waals surface area contributed by atoms with E-state index in [-0.39, 0.29) is 23.5 Å². The number of rotatable bonds is 4. The SMILES string of the molecule is N#Cc1ccccc1Nc1nncc(NC2CCS(=O)(=O)C2)n1. The van der Waals surface area contributed by atoms with Crippen LogP contribution in [0.5, 0.6) is 0 Å². The van der Waals surface area contributed by atoms with Gasteiger partial charge in [0, 0.05) is 6.04 Å². The lowest BCUT2D eigenvalue weighted by atomic mass is 10.2. The summed E-state index contributed by atoms with van der Waals surface area (Å²) in [5.41, 5.74) is 1.05. The van der Waals surface area contributed by atoms with Gasteiger partial charge in [0.05, 0.1) is 29.0 Å². The second-order valence-electron chi connectivity index (χ2n) is 5.19. The van der Waals surface area contributed by atoms with E-state index in [0.717, 1.165) is 0 Å². The maximum atomic E-state index is 11.5. The first kappa shape index (κ1) is 15.2. The molecule has 2 aromatic rings. The number of nitriles is 1. The molecular formula is C14H14N6O2S. The van der Waals surface area contributed by atoms with Gasteiger partial charge >= 0.3 is 0 Å². The zero-order valence-corrected chi connectivity index (χ0v) is 12.9. The summed E-state index contributed by atoms with van der Waals surface area (Å²) in [7, 11) is -2.96. The van der Waals surface area contributed by atoms with Crippen LogP contribution in [-0.2, 0) is 9.84 Å². The lowest BCUT2D eigenvalue weighted by molar-refractivity contribution is 0.602. The second-order valence-corrected chi connectivity index (χ2v) is 7.42. The summed E-state index contributed by atoms with van der Waals surface area (Å²) in [5.74, 6) is 0.957. The molecule has 1 fully saturated rings. The van der Waals surface area contributed by atoms with Crippen LogP contribution >= 0.6 is 0 Å². The summed E-state index contributed by atoms with van der Waals surface area (Å²) >= 11 is 0. The van der Waals surface area contributed by atoms with E-state index in [2.05, 4.69) is 31.9 Å². The molecule has 0 amide bonds. The predicted molar refractivity (Wildman–Crippen MR) is 84.9 cm³/mol. The lowest BCUT2D eigenvalue weighted by Gasteiger charge is -2.12. The fourth-order valence-electron chi connectivity index (χ4n) is 2.35. The molecule has 118 valence electrons. The summed E-state index contributed by atoms with van der Waals surface area (Å²) in [6.45, 7) is 0. The first-order valence-corrected chi connectivity index (χ1v) is 8.81. The standard InChI is InChI=1S/C14H14N6O2S/c15-7-10-3-1-2-4-12(10)18-14-19-13(8-16-20-14)17-11-5-6-23(21,22)9-11/h1-4,8,11H,5-6,9H2,(H2,17,18,19,20). The molecule has 1 aromatic heterocycles. The molecule has 0 radical (unpaired) electrons. The molecule has 9 heteroatoms. The Balaban J connectivity index is 1.74. The molecule has 0 saturated carbocycles. The molecule has 0 aliphatic carbocycles. The third kappa shape index (κ3) is 3.73. The third-order valence-electron chi connectivity index (χ3n) is 3.44. The number of anilines is 3. The Kier molecular flexibility index (Phi) is 4.08. The predicted octanol–water partition coefficient (Wildman–Crippen LogP) is 1.09. The van der Waals surface area contributed by atoms with Crippen molar-refractivity contribution in [3.63, 3.8) is 0 Å². The summed E-state index contributed by atoms with van der Waals surface area (Å²) in [4.78, 5) is 4.25. The highest BCUT2D eigenvalue weighted by atomic mass is 32.2. The average Bonchev–Trinajstić information content (AvgIpc) is 2.87. The summed E-state index contributed by atoms with van der Waals surface area (Å²) in [5, 5.41) is 22.8. The van der Waals surface area contributed by atoms with Crippen LogP contribution in [0.4, 0.5) is 17.5 Å². The van der Waals surface area contributed by atoms with Crippen molar-refractivity contribution in [2.45, 2.75) is 12.5 Å². The van der Waals surface area contributed by atoms with Gasteiger partial charge in [0.15, 0.2) is 15.7 Å². The fourth-order valence-corrected chi connectivity index (χ4v) is 4.03. The molecule has 2 heterocycles. The minimum Gasteiger partial charge on any atom is -0.365 e. The Morgan fingerprint density at radius 1 is 1.30 bits per heavy atom. The van der Waals surface area contributed by atoms with Gasteiger partial charge in [0.25, 0.3) is 0 Å². The molecular weight excluding hydrogens is 316 g/mol. The summed E-state index contributed by atoms with van der Waals surface area (Å²) in [6, 6.07) is 8.89. The molecule has 1 aromatic carbocycles. The Hall–Kier alpha value is -2.73. The van der Waals surface area contributed by atoms with Gasteiger partial charge in [-0.1, -0.05) is 12.1 Å². The van der Waals surface area contributed by atoms with E-state index in [1.165, 1.54) is 6.20 Å². The molecule has 23 heavy (non-hydrogen) atoms. The van der Waals surface area contributed by atoms with Gasteiger partial charge in [-0.3, -0.25) is 0 Å². The van der Waals surface area contributed by atoms with Gasteiger partial charge in [-0.25, -0.2) is 8.42 Å². The Bertz CT molecular complexity index is 862. The van der Waals surface area contributed by atoms with Gasteiger partial charge in [-0.2, -0.15) is 15.3 Å². The van der Waals surface area contributed by atoms with E-state index in [4.69, 9.17) is 5.26 Å². The van der Waals surface area contributed by atoms with Crippen LogP contribution in [0, 0.1) is 11.3 Å². The van der Waals surface area contributed by atoms with E-state index in [1.54, 1.807) is 24.3 Å². The van der Waals surface area contributed by atoms with Crippen LogP contribution in [0.25, 0.3) is 0 Å². The highest BCUT2D eigenvalue weighted by Crippen LogP contribution is 2.19. The Morgan fingerprint density at radius 2 is 2.13 bits per heavy atom. The Morgan fingerprint density at radius 3 is 2.87 bits per heavy atom. The van der Waals surface area contributed by atoms with Gasteiger partial charge in [0.1, 0.15) is 6.07 Å². The highest BCUT2D eigenvalue weighted by Gasteiger charge is 2.28. The number of para-hydroxylation sites is 1. The zero-order valence-electron chi connectivity index (χ0n) is 12.1. The third-order valence-corrected chi connectivity index (χ3v) is 5.21. The first-order valence-electron chi connectivity index (χ1n) is 6.98. The van der Waals surface area contributed by atoms with Crippen LogP contribution in [0.2, 0.25) is 0 Å². The van der Waals surface area contributed by atoms with Gasteiger partial charge < -0.3 is 10.6 Å². The lowest BCUT2D eigenvalue weighted by Crippen LogP contribution is -2.21. The van der Waals surface area contributed by atoms with Crippen molar-refractivity contribution < 1.29 is 8.42 Å². The molecule has 1 saturated heterocycles. The van der Waals surface area contributed by atoms with E-state index in [0.29, 0.717) is 23.5 Å². The molecule has 8 nitrogen and oxygen atoms in total. The van der Waals surface area contributed by atoms with Crippen molar-refractivity contribution in [3.05, 3.63) is 36.0 Å². The number of benzene rings is 1. The largest absolute Gasteiger partial charge is 0.365 e. The van der Waals surface area contributed by atoms with Crippen molar-refractivity contribution in [2.75, 3.05) is 22.1 Å². The fraction of sp³-hybridized carbons (Fsp3) is 0.286. The number of nitrogens with one attached hydrogen (secondary N) is 2. The van der Waals surface area contributed by atoms with Crippen molar-refractivity contribution in [1.29, 1.82) is 5.26 Å². The average molecular weight is 330 g/mol. The van der Waals surface area contributed by atoms with Crippen molar-refractivity contribution in [1.82, 2.24) is 15.2 Å². The number of sulfone groups is 1. The van der Waals surface area contributed by atoms with Crippen LogP contribution in [0.3, 0.4) is 0 Å². The van der Waals surface area contributed by atoms with E-state index in [9.17, 15) is 8.42 Å². The number of aromatic nitrogens is 3. The molecule has 3 rings (SSSR count). The smallest absolute Gasteiger partial charge is 0.249 e. The minimum absolute atomic E-state index is 0.0943. The molecule has 1 aliphatic rings. The van der Waals surface area contributed by atoms with Crippen molar-refractivity contribution in [3.8, 4) is 6.07 Å². The van der Waals surface area contributed by atoms with Crippen LogP contribution in [0.15, 0.2) is 30.5 Å². The number of nitrogens with zero attached hydrogens (tertiary/aromatic N) is 4. The molecule has 1 unspecified atom stereocenters. The summed E-state index contributed by atoms with van der Waals surface area (Å²) < 4.78 is 23.0. The molecule has 1 atom stereocenters. The van der Waals surface area contributed by atoms with Crippen molar-refractivity contribution in [2.24, 2.45) is 0 Å². The van der Waals surface area contributed by atoms with Crippen molar-refractivity contribution >= 4 is 27.3 Å². The van der Waals surface area contributed by atoms with Crippen LogP contribution < -0.4 is 10.6 Å². The van der Waals surface area contributed by atoms with Gasteiger partial charge in [0.2, 0.25) is 5.95 Å². The maximum absolute atomic E-state index is 11.5. The molecule has 0 spiro atoms. The monoisotopic (exact) mass is 330 g/mol. The van der Waals surface area contributed by atoms with Gasteiger partial charge in [-0.05, 0) is 18.6 Å². The first-order chi connectivity index (χ1) is 11.1. The second kappa shape index (κ2) is 6.18. The number of hydrogen-bond donors (Lipinski definition) is 2. The molecule has 0 bridgehead atoms. The Labute approximate surface area is 133 Å². The zero-order chi connectivity index (χ0) is 16.3. The summed E-state index contributed by atoms with van der Waals surface area (Å²) in [6.07, 6.45) is 1.98.